The van der Waals surface area contributed by atoms with Crippen LogP contribution in [0.2, 0.25) is 0 Å². The SMILES string of the molecule is O=c1nccc(C2(Cl)C(Cl)C(Cl)(Cl)C(Cl)(Cl)C(Cl)(Cl)C2(Cl)Cl)[nH]1. The topological polar surface area (TPSA) is 45.8 Å². The molecule has 0 aliphatic heterocycles. The van der Waals surface area contributed by atoms with Crippen molar-refractivity contribution in [1.29, 1.82) is 0 Å². The van der Waals surface area contributed by atoms with Gasteiger partial charge < -0.3 is 4.98 Å². The monoisotopic (exact) mass is 518 g/mol. The highest BCUT2D eigenvalue weighted by Gasteiger charge is 2.83. The molecule has 1 aliphatic carbocycles. The first-order valence-corrected chi connectivity index (χ1v) is 9.39. The second kappa shape index (κ2) is 6.15. The Morgan fingerprint density at radius 3 is 1.91 bits per heavy atom. The van der Waals surface area contributed by atoms with Gasteiger partial charge in [0.1, 0.15) is 4.87 Å². The van der Waals surface area contributed by atoms with Gasteiger partial charge in [-0.1, -0.05) is 92.8 Å². The Morgan fingerprint density at radius 2 is 1.43 bits per heavy atom. The molecular weight excluding hydrogens is 519 g/mol. The first kappa shape index (κ1) is 21.1. The molecule has 2 atom stereocenters. The van der Waals surface area contributed by atoms with Crippen LogP contribution >= 0.6 is 116 Å². The molecule has 0 saturated heterocycles. The number of rotatable bonds is 1. The maximum atomic E-state index is 11.5. The summed E-state index contributed by atoms with van der Waals surface area (Å²) in [7, 11) is 0. The minimum atomic E-state index is -2.40. The van der Waals surface area contributed by atoms with Crippen molar-refractivity contribution in [1.82, 2.24) is 9.97 Å². The van der Waals surface area contributed by atoms with Crippen LogP contribution in [0, 0.1) is 0 Å². The van der Waals surface area contributed by atoms with E-state index in [1.54, 1.807) is 0 Å². The van der Waals surface area contributed by atoms with Crippen LogP contribution in [0.5, 0.6) is 0 Å². The molecule has 2 unspecified atom stereocenters. The van der Waals surface area contributed by atoms with Crippen molar-refractivity contribution in [3.63, 3.8) is 0 Å². The fourth-order valence-electron chi connectivity index (χ4n) is 2.09. The molecule has 1 fully saturated rings. The number of aromatic amines is 1. The summed E-state index contributed by atoms with van der Waals surface area (Å²) in [5.41, 5.74) is -0.835. The predicted octanol–water partition coefficient (Wildman–Crippen LogP) is 5.52. The summed E-state index contributed by atoms with van der Waals surface area (Å²) in [5, 5.41) is -1.53. The van der Waals surface area contributed by atoms with E-state index in [0.717, 1.165) is 6.20 Å². The van der Waals surface area contributed by atoms with Crippen molar-refractivity contribution in [2.45, 2.75) is 27.6 Å². The molecular formula is C10H4Cl10N2O. The van der Waals surface area contributed by atoms with Crippen molar-refractivity contribution in [3.05, 3.63) is 28.4 Å². The van der Waals surface area contributed by atoms with Gasteiger partial charge in [0, 0.05) is 11.9 Å². The van der Waals surface area contributed by atoms with E-state index in [1.807, 2.05) is 0 Å². The van der Waals surface area contributed by atoms with Crippen LogP contribution in [0.15, 0.2) is 17.1 Å². The fourth-order valence-corrected chi connectivity index (χ4v) is 6.18. The first-order chi connectivity index (χ1) is 10.2. The number of H-pyrrole nitrogens is 1. The summed E-state index contributed by atoms with van der Waals surface area (Å²) >= 11 is 62.5. The van der Waals surface area contributed by atoms with E-state index in [9.17, 15) is 4.79 Å². The zero-order chi connectivity index (χ0) is 18.1. The van der Waals surface area contributed by atoms with Gasteiger partial charge in [0.2, 0.25) is 0 Å². The quantitative estimate of drug-likeness (QED) is 0.494. The molecule has 0 bridgehead atoms. The van der Waals surface area contributed by atoms with E-state index in [-0.39, 0.29) is 5.69 Å². The molecule has 3 nitrogen and oxygen atoms in total. The third-order valence-corrected chi connectivity index (χ3v) is 10.9. The van der Waals surface area contributed by atoms with E-state index >= 15 is 0 Å². The third kappa shape index (κ3) is 2.61. The molecule has 0 amide bonds. The summed E-state index contributed by atoms with van der Waals surface area (Å²) in [4.78, 5) is 15.2. The molecule has 1 saturated carbocycles. The average Bonchev–Trinajstić information content (AvgIpc) is 2.43. The molecule has 13 heteroatoms. The van der Waals surface area contributed by atoms with E-state index in [2.05, 4.69) is 9.97 Å². The Morgan fingerprint density at radius 1 is 0.913 bits per heavy atom. The molecule has 1 aromatic rings. The largest absolute Gasteiger partial charge is 0.345 e. The van der Waals surface area contributed by atoms with Gasteiger partial charge in [0.05, 0.1) is 5.38 Å². The normalized spacial score (nSPS) is 34.1. The van der Waals surface area contributed by atoms with Crippen LogP contribution in [0.1, 0.15) is 5.69 Å². The van der Waals surface area contributed by atoms with Crippen molar-refractivity contribution in [2.75, 3.05) is 0 Å². The molecule has 0 radical (unpaired) electrons. The molecule has 23 heavy (non-hydrogen) atoms. The Labute approximate surface area is 180 Å². The average molecular weight is 523 g/mol. The summed E-state index contributed by atoms with van der Waals surface area (Å²) in [6, 6.07) is 1.28. The summed E-state index contributed by atoms with van der Waals surface area (Å²) in [6.07, 6.45) is 1.14. The Balaban J connectivity index is 2.85. The van der Waals surface area contributed by atoms with Gasteiger partial charge in [-0.2, -0.15) is 0 Å². The first-order valence-electron chi connectivity index (χ1n) is 5.55. The Kier molecular flexibility index (Phi) is 5.64. The number of hydrogen-bond donors (Lipinski definition) is 1. The minimum absolute atomic E-state index is 0.0793. The predicted molar refractivity (Wildman–Crippen MR) is 99.8 cm³/mol. The van der Waals surface area contributed by atoms with Crippen LogP contribution < -0.4 is 5.69 Å². The van der Waals surface area contributed by atoms with Crippen LogP contribution in [0.4, 0.5) is 0 Å². The van der Waals surface area contributed by atoms with Crippen molar-refractivity contribution >= 4 is 116 Å². The number of alkyl halides is 10. The van der Waals surface area contributed by atoms with Crippen LogP contribution in [0.25, 0.3) is 0 Å². The second-order valence-electron chi connectivity index (χ2n) is 4.71. The fraction of sp³-hybridized carbons (Fsp3) is 0.600. The van der Waals surface area contributed by atoms with Crippen molar-refractivity contribution < 1.29 is 0 Å². The van der Waals surface area contributed by atoms with Gasteiger partial charge in [0.15, 0.2) is 17.3 Å². The summed E-state index contributed by atoms with van der Waals surface area (Å²) in [6.45, 7) is 0. The number of nitrogens with one attached hydrogen (secondary N) is 1. The highest BCUT2D eigenvalue weighted by Crippen LogP contribution is 2.74. The van der Waals surface area contributed by atoms with Crippen molar-refractivity contribution in [3.8, 4) is 0 Å². The number of nitrogens with zero attached hydrogens (tertiary/aromatic N) is 1. The zero-order valence-corrected chi connectivity index (χ0v) is 17.9. The Hall–Kier alpha value is 1.78. The molecule has 1 aliphatic rings. The molecule has 2 rings (SSSR count). The third-order valence-electron chi connectivity index (χ3n) is 3.40. The maximum Gasteiger partial charge on any atom is 0.345 e. The molecule has 0 aromatic carbocycles. The highest BCUT2D eigenvalue weighted by molar-refractivity contribution is 6.77. The standard InChI is InChI=1S/C10H4Cl10N2O/c11-4-6(12,3-1-2-21-5(23)22-3)8(15,16)10(19,20)9(17,18)7(4,13)14/h1-2,4H,(H,21,22,23). The van der Waals surface area contributed by atoms with E-state index in [1.165, 1.54) is 6.07 Å². The highest BCUT2D eigenvalue weighted by atomic mass is 35.6. The van der Waals surface area contributed by atoms with E-state index < -0.39 is 33.3 Å². The van der Waals surface area contributed by atoms with Crippen molar-refractivity contribution in [2.24, 2.45) is 0 Å². The minimum Gasteiger partial charge on any atom is -0.308 e. The summed E-state index contributed by atoms with van der Waals surface area (Å²) in [5.74, 6) is 0. The van der Waals surface area contributed by atoms with Crippen LogP contribution in [0.3, 0.4) is 0 Å². The van der Waals surface area contributed by atoms with Gasteiger partial charge >= 0.3 is 5.69 Å². The van der Waals surface area contributed by atoms with E-state index in [4.69, 9.17) is 116 Å². The van der Waals surface area contributed by atoms with Crippen LogP contribution in [-0.2, 0) is 4.87 Å². The Bertz CT molecular complexity index is 686. The van der Waals surface area contributed by atoms with Gasteiger partial charge in [-0.25, -0.2) is 9.78 Å². The smallest absolute Gasteiger partial charge is 0.308 e. The molecule has 1 N–H and O–H groups in total. The molecule has 130 valence electrons. The lowest BCUT2D eigenvalue weighted by atomic mass is 9.82. The maximum absolute atomic E-state index is 11.5. The lowest BCUT2D eigenvalue weighted by Gasteiger charge is -2.60. The van der Waals surface area contributed by atoms with Gasteiger partial charge in [0.25, 0.3) is 0 Å². The zero-order valence-electron chi connectivity index (χ0n) is 10.4. The number of aromatic nitrogens is 2. The molecule has 1 aromatic heterocycles. The number of hydrogen-bond acceptors (Lipinski definition) is 2. The van der Waals surface area contributed by atoms with Crippen LogP contribution in [-0.4, -0.2) is 32.7 Å². The lowest BCUT2D eigenvalue weighted by molar-refractivity contribution is 0.325. The second-order valence-corrected chi connectivity index (χ2v) is 11.1. The van der Waals surface area contributed by atoms with E-state index in [0.29, 0.717) is 0 Å². The number of halogens is 10. The molecule has 1 heterocycles. The lowest BCUT2D eigenvalue weighted by Crippen LogP contribution is -2.75. The van der Waals surface area contributed by atoms with Gasteiger partial charge in [-0.3, -0.25) is 0 Å². The van der Waals surface area contributed by atoms with Gasteiger partial charge in [-0.05, 0) is 6.07 Å². The molecule has 0 spiro atoms. The summed E-state index contributed by atoms with van der Waals surface area (Å²) < 4.78 is -9.27. The van der Waals surface area contributed by atoms with Gasteiger partial charge in [-0.15, -0.1) is 23.2 Å².